The fourth-order valence-corrected chi connectivity index (χ4v) is 2.68. The Morgan fingerprint density at radius 2 is 1.85 bits per heavy atom. The van der Waals surface area contributed by atoms with Crippen molar-refractivity contribution in [2.45, 2.75) is 0 Å². The van der Waals surface area contributed by atoms with Crippen molar-refractivity contribution in [2.24, 2.45) is 5.73 Å². The Morgan fingerprint density at radius 1 is 1.20 bits per heavy atom. The predicted molar refractivity (Wildman–Crippen MR) is 89.5 cm³/mol. The summed E-state index contributed by atoms with van der Waals surface area (Å²) in [7, 11) is 4.24. The maximum absolute atomic E-state index is 5.82. The van der Waals surface area contributed by atoms with Gasteiger partial charge in [0, 0.05) is 50.5 Å². The van der Waals surface area contributed by atoms with Crippen LogP contribution in [0.25, 0.3) is 0 Å². The molecule has 0 amide bonds. The second kappa shape index (κ2) is 7.02. The fourth-order valence-electron chi connectivity index (χ4n) is 2.51. The average molecular weight is 292 g/mol. The molecule has 0 spiro atoms. The van der Waals surface area contributed by atoms with Gasteiger partial charge < -0.3 is 15.5 Å². The fraction of sp³-hybridized carbons (Fsp3) is 0.533. The van der Waals surface area contributed by atoms with E-state index in [2.05, 4.69) is 40.9 Å². The van der Waals surface area contributed by atoms with Crippen molar-refractivity contribution >= 4 is 22.9 Å². The van der Waals surface area contributed by atoms with E-state index in [9.17, 15) is 0 Å². The van der Waals surface area contributed by atoms with Gasteiger partial charge in [-0.25, -0.2) is 0 Å². The molecule has 0 bridgehead atoms. The molecule has 1 aliphatic heterocycles. The van der Waals surface area contributed by atoms with Crippen LogP contribution in [0.4, 0.5) is 5.69 Å². The van der Waals surface area contributed by atoms with Crippen LogP contribution in [-0.4, -0.2) is 68.2 Å². The van der Waals surface area contributed by atoms with Crippen LogP contribution in [0, 0.1) is 0 Å². The van der Waals surface area contributed by atoms with E-state index in [1.54, 1.807) is 0 Å². The highest BCUT2D eigenvalue weighted by Gasteiger charge is 2.19. The number of piperazine rings is 1. The van der Waals surface area contributed by atoms with Crippen LogP contribution in [-0.2, 0) is 0 Å². The molecule has 1 heterocycles. The van der Waals surface area contributed by atoms with Crippen LogP contribution in [0.5, 0.6) is 0 Å². The first kappa shape index (κ1) is 15.2. The normalized spacial score (nSPS) is 16.6. The maximum atomic E-state index is 5.82. The van der Waals surface area contributed by atoms with Gasteiger partial charge >= 0.3 is 0 Å². The summed E-state index contributed by atoms with van der Waals surface area (Å²) < 4.78 is 0. The minimum Gasteiger partial charge on any atom is -0.389 e. The molecule has 0 radical (unpaired) electrons. The molecule has 2 N–H and O–H groups in total. The lowest BCUT2D eigenvalue weighted by Crippen LogP contribution is -2.48. The van der Waals surface area contributed by atoms with Crippen molar-refractivity contribution in [2.75, 3.05) is 58.3 Å². The number of hydrogen-bond donors (Lipinski definition) is 1. The number of rotatable bonds is 5. The lowest BCUT2D eigenvalue weighted by molar-refractivity contribution is 0.229. The van der Waals surface area contributed by atoms with Crippen molar-refractivity contribution in [3.05, 3.63) is 29.8 Å². The van der Waals surface area contributed by atoms with Gasteiger partial charge in [-0.2, -0.15) is 0 Å². The minimum atomic E-state index is 0.482. The molecule has 1 aromatic rings. The van der Waals surface area contributed by atoms with Crippen LogP contribution in [0.2, 0.25) is 0 Å². The second-order valence-electron chi connectivity index (χ2n) is 5.51. The number of anilines is 1. The number of nitrogens with two attached hydrogens (primary N) is 1. The molecule has 1 aromatic carbocycles. The van der Waals surface area contributed by atoms with Crippen molar-refractivity contribution in [3.63, 3.8) is 0 Å². The molecule has 0 atom stereocenters. The van der Waals surface area contributed by atoms with Crippen LogP contribution in [0.15, 0.2) is 24.3 Å². The Balaban J connectivity index is 1.95. The molecule has 1 saturated heterocycles. The van der Waals surface area contributed by atoms with E-state index in [0.717, 1.165) is 44.8 Å². The Hall–Kier alpha value is -1.17. The third-order valence-corrected chi connectivity index (χ3v) is 3.97. The summed E-state index contributed by atoms with van der Waals surface area (Å²) in [6.45, 7) is 6.51. The van der Waals surface area contributed by atoms with E-state index in [0.29, 0.717) is 4.99 Å². The lowest BCUT2D eigenvalue weighted by atomic mass is 10.1. The topological polar surface area (TPSA) is 35.7 Å². The van der Waals surface area contributed by atoms with Crippen molar-refractivity contribution in [3.8, 4) is 0 Å². The standard InChI is InChI=1S/C15H24N4S/c1-17(2)7-8-18-9-11-19(12-10-18)14-6-4-3-5-13(14)15(16)20/h3-6H,7-12H2,1-2H3,(H2,16,20). The van der Waals surface area contributed by atoms with E-state index in [1.165, 1.54) is 5.69 Å². The maximum Gasteiger partial charge on any atom is 0.106 e. The number of para-hydroxylation sites is 1. The molecule has 20 heavy (non-hydrogen) atoms. The summed E-state index contributed by atoms with van der Waals surface area (Å²) in [4.78, 5) is 7.62. The molecule has 2 rings (SSSR count). The van der Waals surface area contributed by atoms with Crippen molar-refractivity contribution in [1.82, 2.24) is 9.80 Å². The quantitative estimate of drug-likeness (QED) is 0.820. The Kier molecular flexibility index (Phi) is 5.34. The molecule has 1 aliphatic rings. The largest absolute Gasteiger partial charge is 0.389 e. The summed E-state index contributed by atoms with van der Waals surface area (Å²) in [6, 6.07) is 8.17. The third kappa shape index (κ3) is 3.91. The van der Waals surface area contributed by atoms with Gasteiger partial charge in [0.05, 0.1) is 0 Å². The van der Waals surface area contributed by atoms with Gasteiger partial charge in [0.1, 0.15) is 4.99 Å². The molecule has 0 aliphatic carbocycles. The van der Waals surface area contributed by atoms with E-state index in [-0.39, 0.29) is 0 Å². The van der Waals surface area contributed by atoms with Gasteiger partial charge in [-0.3, -0.25) is 4.90 Å². The molecule has 5 heteroatoms. The van der Waals surface area contributed by atoms with Gasteiger partial charge in [-0.1, -0.05) is 24.4 Å². The minimum absolute atomic E-state index is 0.482. The van der Waals surface area contributed by atoms with E-state index in [1.807, 2.05) is 12.1 Å². The molecule has 110 valence electrons. The van der Waals surface area contributed by atoms with E-state index in [4.69, 9.17) is 18.0 Å². The smallest absolute Gasteiger partial charge is 0.106 e. The summed E-state index contributed by atoms with van der Waals surface area (Å²) in [5, 5.41) is 0. The Morgan fingerprint density at radius 3 is 2.45 bits per heavy atom. The Bertz CT molecular complexity index is 453. The first-order valence-corrected chi connectivity index (χ1v) is 7.49. The highest BCUT2D eigenvalue weighted by Crippen LogP contribution is 2.21. The molecular weight excluding hydrogens is 268 g/mol. The summed E-state index contributed by atoms with van der Waals surface area (Å²) in [5.41, 5.74) is 7.98. The zero-order valence-electron chi connectivity index (χ0n) is 12.4. The third-order valence-electron chi connectivity index (χ3n) is 3.75. The SMILES string of the molecule is CN(C)CCN1CCN(c2ccccc2C(N)=S)CC1. The number of thiocarbonyl (C=S) groups is 1. The summed E-state index contributed by atoms with van der Waals surface area (Å²) in [5.74, 6) is 0. The molecule has 4 nitrogen and oxygen atoms in total. The monoisotopic (exact) mass is 292 g/mol. The zero-order valence-corrected chi connectivity index (χ0v) is 13.2. The predicted octanol–water partition coefficient (Wildman–Crippen LogP) is 1.00. The number of hydrogen-bond acceptors (Lipinski definition) is 4. The van der Waals surface area contributed by atoms with Gasteiger partial charge in [0.25, 0.3) is 0 Å². The second-order valence-corrected chi connectivity index (χ2v) is 5.95. The summed E-state index contributed by atoms with van der Waals surface area (Å²) in [6.07, 6.45) is 0. The molecule has 0 aromatic heterocycles. The highest BCUT2D eigenvalue weighted by molar-refractivity contribution is 7.80. The van der Waals surface area contributed by atoms with Crippen molar-refractivity contribution in [1.29, 1.82) is 0 Å². The first-order chi connectivity index (χ1) is 9.58. The van der Waals surface area contributed by atoms with Gasteiger partial charge in [-0.15, -0.1) is 0 Å². The van der Waals surface area contributed by atoms with Crippen LogP contribution >= 0.6 is 12.2 Å². The molecule has 0 saturated carbocycles. The Labute approximate surface area is 127 Å². The molecule has 1 fully saturated rings. The van der Waals surface area contributed by atoms with Crippen LogP contribution in [0.3, 0.4) is 0 Å². The van der Waals surface area contributed by atoms with Crippen molar-refractivity contribution < 1.29 is 0 Å². The highest BCUT2D eigenvalue weighted by atomic mass is 32.1. The van der Waals surface area contributed by atoms with Gasteiger partial charge in [0.2, 0.25) is 0 Å². The average Bonchev–Trinajstić information content (AvgIpc) is 2.45. The molecule has 0 unspecified atom stereocenters. The molecular formula is C15H24N4S. The zero-order chi connectivity index (χ0) is 14.5. The van der Waals surface area contributed by atoms with Crippen LogP contribution in [0.1, 0.15) is 5.56 Å². The van der Waals surface area contributed by atoms with E-state index >= 15 is 0 Å². The summed E-state index contributed by atoms with van der Waals surface area (Å²) >= 11 is 5.15. The van der Waals surface area contributed by atoms with E-state index < -0.39 is 0 Å². The van der Waals surface area contributed by atoms with Gasteiger partial charge in [0.15, 0.2) is 0 Å². The van der Waals surface area contributed by atoms with Crippen LogP contribution < -0.4 is 10.6 Å². The first-order valence-electron chi connectivity index (χ1n) is 7.09. The number of benzene rings is 1. The number of likely N-dealkylation sites (N-methyl/N-ethyl adjacent to an activating group) is 1. The number of nitrogens with zero attached hydrogens (tertiary/aromatic N) is 3. The lowest BCUT2D eigenvalue weighted by Gasteiger charge is -2.37. The van der Waals surface area contributed by atoms with Gasteiger partial charge in [-0.05, 0) is 26.2 Å².